The van der Waals surface area contributed by atoms with Crippen molar-refractivity contribution in [3.8, 4) is 11.5 Å². The number of phenols is 2. The third kappa shape index (κ3) is 11.7. The van der Waals surface area contributed by atoms with Crippen LogP contribution in [0.2, 0.25) is 0 Å². The minimum atomic E-state index is -0.750. The lowest BCUT2D eigenvalue weighted by Crippen LogP contribution is -2.25. The van der Waals surface area contributed by atoms with Crippen LogP contribution in [-0.4, -0.2) is 20.9 Å². The van der Waals surface area contributed by atoms with Gasteiger partial charge in [0, 0.05) is 11.1 Å². The molecule has 0 aliphatic heterocycles. The van der Waals surface area contributed by atoms with Crippen LogP contribution in [0.15, 0.2) is 6.07 Å². The second kappa shape index (κ2) is 14.9. The lowest BCUT2D eigenvalue weighted by Gasteiger charge is -2.25. The maximum atomic E-state index is 11.0. The SMILES string of the molecule is CCCc1c(O)cc(C)c(O)c1CC[C@](C)(O)CCC[C@H](C)CCC[C@H](C)CCCC(C)C. The predicted octanol–water partition coefficient (Wildman–Crippen LogP) is 8.48. The van der Waals surface area contributed by atoms with Gasteiger partial charge in [-0.25, -0.2) is 0 Å². The molecule has 0 spiro atoms. The molecule has 3 heteroatoms. The van der Waals surface area contributed by atoms with Crippen LogP contribution in [0.5, 0.6) is 11.5 Å². The highest BCUT2D eigenvalue weighted by Crippen LogP contribution is 2.36. The van der Waals surface area contributed by atoms with E-state index in [4.69, 9.17) is 0 Å². The summed E-state index contributed by atoms with van der Waals surface area (Å²) < 4.78 is 0. The number of phenolic OH excluding ortho intramolecular Hbond substituents is 2. The molecule has 0 saturated carbocycles. The number of aromatic hydroxyl groups is 2. The van der Waals surface area contributed by atoms with Crippen LogP contribution >= 0.6 is 0 Å². The summed E-state index contributed by atoms with van der Waals surface area (Å²) in [5.74, 6) is 2.91. The van der Waals surface area contributed by atoms with Gasteiger partial charge >= 0.3 is 0 Å². The highest BCUT2D eigenvalue weighted by Gasteiger charge is 2.23. The first-order chi connectivity index (χ1) is 15.5. The fourth-order valence-corrected chi connectivity index (χ4v) is 5.02. The minimum absolute atomic E-state index is 0.268. The van der Waals surface area contributed by atoms with E-state index in [0.717, 1.165) is 55.1 Å². The Morgan fingerprint density at radius 1 is 0.788 bits per heavy atom. The molecule has 0 amide bonds. The highest BCUT2D eigenvalue weighted by molar-refractivity contribution is 5.52. The monoisotopic (exact) mass is 462 g/mol. The minimum Gasteiger partial charge on any atom is -0.508 e. The van der Waals surface area contributed by atoms with Gasteiger partial charge in [0.25, 0.3) is 0 Å². The molecule has 0 saturated heterocycles. The summed E-state index contributed by atoms with van der Waals surface area (Å²) in [6, 6.07) is 1.65. The molecule has 0 unspecified atom stereocenters. The Morgan fingerprint density at radius 2 is 1.33 bits per heavy atom. The van der Waals surface area contributed by atoms with Crippen molar-refractivity contribution < 1.29 is 15.3 Å². The van der Waals surface area contributed by atoms with Crippen LogP contribution in [0.4, 0.5) is 0 Å². The molecule has 3 nitrogen and oxygen atoms in total. The van der Waals surface area contributed by atoms with Crippen molar-refractivity contribution in [1.29, 1.82) is 0 Å². The molecule has 0 fully saturated rings. The second-order valence-corrected chi connectivity index (χ2v) is 11.6. The van der Waals surface area contributed by atoms with Crippen LogP contribution in [0.1, 0.15) is 129 Å². The van der Waals surface area contributed by atoms with Crippen molar-refractivity contribution in [3.05, 3.63) is 22.8 Å². The van der Waals surface area contributed by atoms with E-state index in [1.165, 1.54) is 38.5 Å². The number of aryl methyl sites for hydroxylation is 1. The summed E-state index contributed by atoms with van der Waals surface area (Å²) >= 11 is 0. The van der Waals surface area contributed by atoms with E-state index >= 15 is 0 Å². The third-order valence-corrected chi connectivity index (χ3v) is 7.38. The van der Waals surface area contributed by atoms with Crippen LogP contribution < -0.4 is 0 Å². The Kier molecular flexibility index (Phi) is 13.5. The molecule has 0 bridgehead atoms. The van der Waals surface area contributed by atoms with E-state index in [-0.39, 0.29) is 11.5 Å². The predicted molar refractivity (Wildman–Crippen MR) is 142 cm³/mol. The Labute approximate surface area is 205 Å². The van der Waals surface area contributed by atoms with Gasteiger partial charge in [0.05, 0.1) is 5.60 Å². The molecule has 192 valence electrons. The highest BCUT2D eigenvalue weighted by atomic mass is 16.3. The fraction of sp³-hybridized carbons (Fsp3) is 0.800. The standard InChI is InChI=1S/C30H54O3/c1-8-12-26-27(29(32)25(6)21-28(26)31)18-20-30(7,33)19-11-17-24(5)16-10-15-23(4)14-9-13-22(2)3/h21-24,31-33H,8-20H2,1-7H3/t23-,24-,30-/m1/s1. The van der Waals surface area contributed by atoms with Gasteiger partial charge in [-0.15, -0.1) is 0 Å². The quantitative estimate of drug-likeness (QED) is 0.203. The summed E-state index contributed by atoms with van der Waals surface area (Å²) in [7, 11) is 0. The zero-order valence-electron chi connectivity index (χ0n) is 22.8. The Morgan fingerprint density at radius 3 is 1.88 bits per heavy atom. The number of benzene rings is 1. The molecule has 3 atom stereocenters. The van der Waals surface area contributed by atoms with Gasteiger partial charge in [-0.1, -0.05) is 92.4 Å². The molecule has 3 N–H and O–H groups in total. The molecule has 1 rings (SSSR count). The Balaban J connectivity index is 2.40. The van der Waals surface area contributed by atoms with Crippen molar-refractivity contribution in [2.45, 2.75) is 138 Å². The van der Waals surface area contributed by atoms with Gasteiger partial charge < -0.3 is 15.3 Å². The van der Waals surface area contributed by atoms with Crippen molar-refractivity contribution in [2.75, 3.05) is 0 Å². The largest absolute Gasteiger partial charge is 0.508 e. The van der Waals surface area contributed by atoms with E-state index in [1.54, 1.807) is 6.07 Å². The van der Waals surface area contributed by atoms with Crippen LogP contribution in [0.25, 0.3) is 0 Å². The maximum Gasteiger partial charge on any atom is 0.122 e. The van der Waals surface area contributed by atoms with E-state index in [2.05, 4.69) is 34.6 Å². The van der Waals surface area contributed by atoms with Crippen LogP contribution in [0.3, 0.4) is 0 Å². The molecular formula is C30H54O3. The zero-order chi connectivity index (χ0) is 25.0. The first-order valence-corrected chi connectivity index (χ1v) is 13.7. The maximum absolute atomic E-state index is 11.0. The first kappa shape index (κ1) is 29.8. The molecule has 0 aliphatic rings. The normalized spacial score (nSPS) is 15.5. The van der Waals surface area contributed by atoms with Gasteiger partial charge in [-0.3, -0.25) is 0 Å². The summed E-state index contributed by atoms with van der Waals surface area (Å²) in [4.78, 5) is 0. The molecule has 1 aromatic carbocycles. The van der Waals surface area contributed by atoms with Crippen molar-refractivity contribution in [3.63, 3.8) is 0 Å². The number of aliphatic hydroxyl groups is 1. The van der Waals surface area contributed by atoms with Crippen molar-refractivity contribution >= 4 is 0 Å². The van der Waals surface area contributed by atoms with Crippen molar-refractivity contribution in [2.24, 2.45) is 17.8 Å². The lowest BCUT2D eigenvalue weighted by molar-refractivity contribution is 0.0384. The molecular weight excluding hydrogens is 408 g/mol. The van der Waals surface area contributed by atoms with E-state index in [1.807, 2.05) is 13.8 Å². The van der Waals surface area contributed by atoms with Gasteiger partial charge in [0.1, 0.15) is 11.5 Å². The summed E-state index contributed by atoms with van der Waals surface area (Å²) in [6.07, 6.45) is 13.8. The number of hydrogen-bond acceptors (Lipinski definition) is 3. The van der Waals surface area contributed by atoms with E-state index in [0.29, 0.717) is 24.3 Å². The van der Waals surface area contributed by atoms with Gasteiger partial charge in [0.15, 0.2) is 0 Å². The first-order valence-electron chi connectivity index (χ1n) is 13.7. The molecule has 1 aromatic rings. The third-order valence-electron chi connectivity index (χ3n) is 7.38. The summed E-state index contributed by atoms with van der Waals surface area (Å²) in [5, 5.41) is 31.9. The topological polar surface area (TPSA) is 60.7 Å². The average molecular weight is 463 g/mol. The fourth-order valence-electron chi connectivity index (χ4n) is 5.02. The second-order valence-electron chi connectivity index (χ2n) is 11.6. The van der Waals surface area contributed by atoms with E-state index < -0.39 is 5.60 Å². The van der Waals surface area contributed by atoms with E-state index in [9.17, 15) is 15.3 Å². The molecule has 0 aromatic heterocycles. The van der Waals surface area contributed by atoms with Gasteiger partial charge in [0.2, 0.25) is 0 Å². The average Bonchev–Trinajstić information content (AvgIpc) is 2.71. The summed E-state index contributed by atoms with van der Waals surface area (Å²) in [6.45, 7) is 15.2. The smallest absolute Gasteiger partial charge is 0.122 e. The van der Waals surface area contributed by atoms with Crippen LogP contribution in [-0.2, 0) is 12.8 Å². The molecule has 0 aliphatic carbocycles. The summed E-state index contributed by atoms with van der Waals surface area (Å²) in [5.41, 5.74) is 1.60. The molecule has 33 heavy (non-hydrogen) atoms. The van der Waals surface area contributed by atoms with Gasteiger partial charge in [-0.2, -0.15) is 0 Å². The van der Waals surface area contributed by atoms with Gasteiger partial charge in [-0.05, 0) is 68.9 Å². The van der Waals surface area contributed by atoms with Crippen LogP contribution in [0, 0.1) is 24.7 Å². The number of hydrogen-bond donors (Lipinski definition) is 3. The number of rotatable bonds is 17. The molecule has 0 radical (unpaired) electrons. The molecule has 0 heterocycles. The zero-order valence-corrected chi connectivity index (χ0v) is 22.8. The Hall–Kier alpha value is -1.22. The Bertz CT molecular complexity index is 678. The van der Waals surface area contributed by atoms with Crippen molar-refractivity contribution in [1.82, 2.24) is 0 Å². The lowest BCUT2D eigenvalue weighted by atomic mass is 9.86.